The lowest BCUT2D eigenvalue weighted by atomic mass is 10.1. The van der Waals surface area contributed by atoms with E-state index in [2.05, 4.69) is 4.98 Å². The highest BCUT2D eigenvalue weighted by atomic mass is 35.5. The number of aldehydes is 1. The predicted molar refractivity (Wildman–Crippen MR) is 79.1 cm³/mol. The van der Waals surface area contributed by atoms with Gasteiger partial charge in [-0.15, -0.1) is 0 Å². The van der Waals surface area contributed by atoms with Gasteiger partial charge in [0.1, 0.15) is 0 Å². The quantitative estimate of drug-likeness (QED) is 0.665. The molecule has 1 heterocycles. The third-order valence-electron chi connectivity index (χ3n) is 3.03. The predicted octanol–water partition coefficient (Wildman–Crippen LogP) is 4.95. The van der Waals surface area contributed by atoms with Crippen LogP contribution in [0.5, 0.6) is 0 Å². The second-order valence-electron chi connectivity index (χ2n) is 4.23. The van der Waals surface area contributed by atoms with Crippen LogP contribution in [0.25, 0.3) is 22.2 Å². The summed E-state index contributed by atoms with van der Waals surface area (Å²) in [6, 6.07) is 12.8. The molecule has 0 aliphatic heterocycles. The lowest BCUT2D eigenvalue weighted by Crippen LogP contribution is -1.84. The average molecular weight is 290 g/mol. The molecule has 0 aliphatic rings. The van der Waals surface area contributed by atoms with Crippen LogP contribution in [0.3, 0.4) is 0 Å². The fourth-order valence-corrected chi connectivity index (χ4v) is 2.54. The van der Waals surface area contributed by atoms with E-state index in [1.165, 1.54) is 0 Å². The Bertz CT molecular complexity index is 777. The van der Waals surface area contributed by atoms with E-state index in [4.69, 9.17) is 23.2 Å². The number of fused-ring (bicyclic) bond motifs is 1. The molecule has 0 spiro atoms. The van der Waals surface area contributed by atoms with Crippen LogP contribution in [-0.4, -0.2) is 11.3 Å². The zero-order valence-electron chi connectivity index (χ0n) is 9.78. The number of carbonyl (C=O) groups is 1. The van der Waals surface area contributed by atoms with Gasteiger partial charge in [0.15, 0.2) is 6.29 Å². The number of halogens is 2. The molecule has 94 valence electrons. The summed E-state index contributed by atoms with van der Waals surface area (Å²) < 4.78 is 0. The van der Waals surface area contributed by atoms with Gasteiger partial charge in [0.05, 0.1) is 5.69 Å². The smallest absolute Gasteiger partial charge is 0.152 e. The molecule has 0 saturated carbocycles. The average Bonchev–Trinajstić information content (AvgIpc) is 2.76. The van der Waals surface area contributed by atoms with E-state index in [-0.39, 0.29) is 0 Å². The first-order valence-corrected chi connectivity index (χ1v) is 6.47. The summed E-state index contributed by atoms with van der Waals surface area (Å²) in [5, 5.41) is 2.05. The van der Waals surface area contributed by atoms with Gasteiger partial charge in [0.2, 0.25) is 0 Å². The highest BCUT2D eigenvalue weighted by Crippen LogP contribution is 2.31. The van der Waals surface area contributed by atoms with Crippen LogP contribution in [0, 0.1) is 0 Å². The van der Waals surface area contributed by atoms with E-state index in [0.717, 1.165) is 28.4 Å². The van der Waals surface area contributed by atoms with E-state index in [9.17, 15) is 4.79 Å². The molecule has 4 heteroatoms. The van der Waals surface area contributed by atoms with Gasteiger partial charge >= 0.3 is 0 Å². The van der Waals surface area contributed by atoms with Crippen molar-refractivity contribution in [2.75, 3.05) is 0 Å². The van der Waals surface area contributed by atoms with Crippen LogP contribution in [0.4, 0.5) is 0 Å². The molecule has 2 aromatic carbocycles. The maximum absolute atomic E-state index is 11.4. The van der Waals surface area contributed by atoms with Crippen LogP contribution >= 0.6 is 23.2 Å². The Kier molecular flexibility index (Phi) is 3.05. The Hall–Kier alpha value is -1.77. The van der Waals surface area contributed by atoms with E-state index in [1.807, 2.05) is 24.3 Å². The molecule has 0 amide bonds. The van der Waals surface area contributed by atoms with Crippen LogP contribution in [0.1, 0.15) is 10.4 Å². The first-order chi connectivity index (χ1) is 9.19. The molecule has 0 bridgehead atoms. The highest BCUT2D eigenvalue weighted by Gasteiger charge is 2.13. The largest absolute Gasteiger partial charge is 0.354 e. The molecule has 0 aliphatic carbocycles. The molecule has 0 saturated heterocycles. The lowest BCUT2D eigenvalue weighted by Gasteiger charge is -2.00. The van der Waals surface area contributed by atoms with Gasteiger partial charge in [-0.1, -0.05) is 35.3 Å². The summed E-state index contributed by atoms with van der Waals surface area (Å²) in [5.74, 6) is 0. The number of aromatic nitrogens is 1. The summed E-state index contributed by atoms with van der Waals surface area (Å²) in [6.07, 6.45) is 0.839. The Morgan fingerprint density at radius 2 is 1.79 bits per heavy atom. The van der Waals surface area contributed by atoms with Crippen LogP contribution < -0.4 is 0 Å². The summed E-state index contributed by atoms with van der Waals surface area (Å²) in [6.45, 7) is 0. The highest BCUT2D eigenvalue weighted by molar-refractivity contribution is 6.31. The van der Waals surface area contributed by atoms with Gasteiger partial charge in [-0.05, 0) is 30.3 Å². The van der Waals surface area contributed by atoms with Crippen molar-refractivity contribution < 1.29 is 4.79 Å². The number of rotatable bonds is 2. The molecule has 3 aromatic rings. The molecular weight excluding hydrogens is 281 g/mol. The van der Waals surface area contributed by atoms with Crippen LogP contribution in [-0.2, 0) is 0 Å². The summed E-state index contributed by atoms with van der Waals surface area (Å²) in [4.78, 5) is 14.6. The number of benzene rings is 2. The first kappa shape index (κ1) is 12.3. The van der Waals surface area contributed by atoms with Crippen molar-refractivity contribution in [1.82, 2.24) is 4.98 Å². The van der Waals surface area contributed by atoms with Crippen molar-refractivity contribution in [3.8, 4) is 11.3 Å². The van der Waals surface area contributed by atoms with Gasteiger partial charge in [-0.25, -0.2) is 0 Å². The third-order valence-corrected chi connectivity index (χ3v) is 3.50. The standard InChI is InChI=1S/C15H9Cl2NO/c16-10-3-1-2-9(6-10)15-13(8-19)12-7-11(17)4-5-14(12)18-15/h1-8,18H. The molecule has 0 unspecified atom stereocenters. The van der Waals surface area contributed by atoms with Crippen molar-refractivity contribution in [3.63, 3.8) is 0 Å². The Morgan fingerprint density at radius 1 is 1.00 bits per heavy atom. The molecule has 0 radical (unpaired) electrons. The Balaban J connectivity index is 2.32. The van der Waals surface area contributed by atoms with Gasteiger partial charge in [-0.3, -0.25) is 4.79 Å². The molecule has 19 heavy (non-hydrogen) atoms. The van der Waals surface area contributed by atoms with Crippen molar-refractivity contribution in [1.29, 1.82) is 0 Å². The van der Waals surface area contributed by atoms with Crippen LogP contribution in [0.15, 0.2) is 42.5 Å². The van der Waals surface area contributed by atoms with E-state index < -0.39 is 0 Å². The fraction of sp³-hybridized carbons (Fsp3) is 0. The van der Waals surface area contributed by atoms with Crippen LogP contribution in [0.2, 0.25) is 10.0 Å². The van der Waals surface area contributed by atoms with Crippen molar-refractivity contribution in [3.05, 3.63) is 58.1 Å². The van der Waals surface area contributed by atoms with E-state index >= 15 is 0 Å². The number of carbonyl (C=O) groups excluding carboxylic acids is 1. The molecule has 0 atom stereocenters. The zero-order valence-corrected chi connectivity index (χ0v) is 11.3. The summed E-state index contributed by atoms with van der Waals surface area (Å²) in [7, 11) is 0. The minimum Gasteiger partial charge on any atom is -0.354 e. The second kappa shape index (κ2) is 4.72. The minimum atomic E-state index is 0.597. The van der Waals surface area contributed by atoms with Crippen molar-refractivity contribution >= 4 is 40.4 Å². The number of nitrogens with one attached hydrogen (secondary N) is 1. The topological polar surface area (TPSA) is 32.9 Å². The number of H-pyrrole nitrogens is 1. The van der Waals surface area contributed by atoms with E-state index in [1.54, 1.807) is 18.2 Å². The Labute approximate surface area is 120 Å². The summed E-state index contributed by atoms with van der Waals surface area (Å²) in [5.41, 5.74) is 3.11. The number of hydrogen-bond acceptors (Lipinski definition) is 1. The summed E-state index contributed by atoms with van der Waals surface area (Å²) >= 11 is 12.0. The normalized spacial score (nSPS) is 10.8. The minimum absolute atomic E-state index is 0.597. The second-order valence-corrected chi connectivity index (χ2v) is 5.10. The van der Waals surface area contributed by atoms with Gasteiger partial charge < -0.3 is 4.98 Å². The monoisotopic (exact) mass is 289 g/mol. The van der Waals surface area contributed by atoms with E-state index in [0.29, 0.717) is 15.6 Å². The van der Waals surface area contributed by atoms with Crippen molar-refractivity contribution in [2.45, 2.75) is 0 Å². The number of hydrogen-bond donors (Lipinski definition) is 1. The molecule has 3 rings (SSSR count). The maximum atomic E-state index is 11.4. The SMILES string of the molecule is O=Cc1c(-c2cccc(Cl)c2)[nH]c2ccc(Cl)cc12. The van der Waals surface area contributed by atoms with Gasteiger partial charge in [-0.2, -0.15) is 0 Å². The maximum Gasteiger partial charge on any atom is 0.152 e. The first-order valence-electron chi connectivity index (χ1n) is 5.71. The molecule has 2 nitrogen and oxygen atoms in total. The molecule has 1 N–H and O–H groups in total. The van der Waals surface area contributed by atoms with Crippen molar-refractivity contribution in [2.24, 2.45) is 0 Å². The number of aromatic amines is 1. The zero-order chi connectivity index (χ0) is 13.4. The fourth-order valence-electron chi connectivity index (χ4n) is 2.18. The molecule has 0 fully saturated rings. The third kappa shape index (κ3) is 2.14. The molecule has 1 aromatic heterocycles. The lowest BCUT2D eigenvalue weighted by molar-refractivity contribution is 0.112. The van der Waals surface area contributed by atoms with Gasteiger partial charge in [0.25, 0.3) is 0 Å². The molecular formula is C15H9Cl2NO. The van der Waals surface area contributed by atoms with Gasteiger partial charge in [0, 0.05) is 32.1 Å². The Morgan fingerprint density at radius 3 is 2.53 bits per heavy atom.